The van der Waals surface area contributed by atoms with Gasteiger partial charge in [0.25, 0.3) is 0 Å². The van der Waals surface area contributed by atoms with Crippen molar-refractivity contribution in [3.63, 3.8) is 0 Å². The van der Waals surface area contributed by atoms with E-state index < -0.39 is 86.4 Å². The zero-order valence-electron chi connectivity index (χ0n) is 22.8. The molecule has 0 aliphatic heterocycles. The standard InChI is InChI=1S/C22H39N8O9P/c1-5-12(3)18(23)21(35)28-19(13(4)6-2)22(36)27-15(9-30-17(8-25-29-30)40(37,38)39)20(34)24-7-16(33)26-14(10-31)11-32/h8,10,12-15,18-19,32H,5-7,9,11,23H2,1-4H3,(H,24,34)(H,26,33)(H,27,36)(H,28,35)(H2,37,38,39)/t12-,13-,14+,15-,18-,19-/m0/s1. The summed E-state index contributed by atoms with van der Waals surface area (Å²) in [6, 6.07) is -4.75. The molecule has 9 N–H and O–H groups in total. The number of hydrogen-bond donors (Lipinski definition) is 8. The van der Waals surface area contributed by atoms with Crippen LogP contribution in [0.4, 0.5) is 0 Å². The van der Waals surface area contributed by atoms with Crippen molar-refractivity contribution in [1.82, 2.24) is 36.3 Å². The smallest absolute Gasteiger partial charge is 0.375 e. The molecule has 0 unspecified atom stereocenters. The van der Waals surface area contributed by atoms with Crippen molar-refractivity contribution >= 4 is 42.9 Å². The average Bonchev–Trinajstić information content (AvgIpc) is 3.40. The highest BCUT2D eigenvalue weighted by atomic mass is 31.2. The summed E-state index contributed by atoms with van der Waals surface area (Å²) in [7, 11) is -4.86. The van der Waals surface area contributed by atoms with Crippen LogP contribution >= 0.6 is 7.60 Å². The van der Waals surface area contributed by atoms with Gasteiger partial charge in [-0.05, 0) is 11.8 Å². The Labute approximate surface area is 231 Å². The Morgan fingerprint density at radius 1 is 1.05 bits per heavy atom. The number of aliphatic hydroxyl groups is 1. The quantitative estimate of drug-likeness (QED) is 0.0642. The van der Waals surface area contributed by atoms with E-state index in [4.69, 9.17) is 10.8 Å². The maximum absolute atomic E-state index is 13.3. The first-order chi connectivity index (χ1) is 18.7. The van der Waals surface area contributed by atoms with Crippen molar-refractivity contribution in [2.24, 2.45) is 17.6 Å². The zero-order valence-corrected chi connectivity index (χ0v) is 23.7. The van der Waals surface area contributed by atoms with Gasteiger partial charge in [-0.3, -0.25) is 23.7 Å². The van der Waals surface area contributed by atoms with Crippen LogP contribution in [0, 0.1) is 11.8 Å². The lowest BCUT2D eigenvalue weighted by Gasteiger charge is -2.28. The Morgan fingerprint density at radius 2 is 1.68 bits per heavy atom. The second kappa shape index (κ2) is 16.1. The molecule has 0 bridgehead atoms. The van der Waals surface area contributed by atoms with Crippen molar-refractivity contribution in [2.75, 3.05) is 13.2 Å². The number of nitrogens with two attached hydrogens (primary N) is 1. The Kier molecular flexibility index (Phi) is 14.0. The van der Waals surface area contributed by atoms with Gasteiger partial charge in [0.2, 0.25) is 23.6 Å². The number of aromatic nitrogens is 3. The summed E-state index contributed by atoms with van der Waals surface area (Å²) in [6.07, 6.45) is 2.18. The van der Waals surface area contributed by atoms with Gasteiger partial charge in [-0.15, -0.1) is 5.10 Å². The van der Waals surface area contributed by atoms with Crippen LogP contribution < -0.4 is 32.4 Å². The van der Waals surface area contributed by atoms with Crippen molar-refractivity contribution in [2.45, 2.75) is 71.2 Å². The van der Waals surface area contributed by atoms with Crippen LogP contribution in [0.5, 0.6) is 0 Å². The minimum Gasteiger partial charge on any atom is -0.394 e. The van der Waals surface area contributed by atoms with E-state index in [1.165, 1.54) is 0 Å². The largest absolute Gasteiger partial charge is 0.394 e. The van der Waals surface area contributed by atoms with E-state index in [1.54, 1.807) is 20.8 Å². The molecular weight excluding hydrogens is 551 g/mol. The Hall–Kier alpha value is -3.24. The van der Waals surface area contributed by atoms with Gasteiger partial charge in [-0.25, -0.2) is 4.68 Å². The molecule has 0 spiro atoms. The number of aldehydes is 1. The van der Waals surface area contributed by atoms with E-state index in [0.29, 0.717) is 19.1 Å². The second-order valence-corrected chi connectivity index (χ2v) is 10.9. The molecule has 1 heterocycles. The van der Waals surface area contributed by atoms with Gasteiger partial charge < -0.3 is 46.7 Å². The maximum Gasteiger partial charge on any atom is 0.375 e. The summed E-state index contributed by atoms with van der Waals surface area (Å²) in [5, 5.41) is 25.5. The highest BCUT2D eigenvalue weighted by molar-refractivity contribution is 7.60. The molecule has 0 aromatic carbocycles. The first-order valence-corrected chi connectivity index (χ1v) is 14.2. The third-order valence-electron chi connectivity index (χ3n) is 6.37. The van der Waals surface area contributed by atoms with Gasteiger partial charge in [-0.1, -0.05) is 45.7 Å². The van der Waals surface area contributed by atoms with Crippen molar-refractivity contribution in [3.8, 4) is 0 Å². The molecule has 226 valence electrons. The number of nitrogens with one attached hydrogen (secondary N) is 4. The molecule has 6 atom stereocenters. The van der Waals surface area contributed by atoms with E-state index in [1.807, 2.05) is 6.92 Å². The third kappa shape index (κ3) is 10.4. The zero-order chi connectivity index (χ0) is 30.6. The Bertz CT molecular complexity index is 1080. The van der Waals surface area contributed by atoms with Crippen LogP contribution in [0.2, 0.25) is 0 Å². The SMILES string of the molecule is CC[C@H](C)[C@H](N)C(=O)N[C@H](C(=O)N[C@@H](Cn1nncc1P(=O)(O)O)C(=O)NCC(=O)N[C@H](C=O)CO)[C@@H](C)CC. The fourth-order valence-electron chi connectivity index (χ4n) is 3.37. The monoisotopic (exact) mass is 590 g/mol. The molecule has 0 aliphatic carbocycles. The summed E-state index contributed by atoms with van der Waals surface area (Å²) < 4.78 is 12.5. The summed E-state index contributed by atoms with van der Waals surface area (Å²) in [5.74, 6) is -3.71. The van der Waals surface area contributed by atoms with Crippen LogP contribution in [0.15, 0.2) is 6.20 Å². The molecule has 40 heavy (non-hydrogen) atoms. The Balaban J connectivity index is 3.21. The van der Waals surface area contributed by atoms with Crippen LogP contribution in [0.1, 0.15) is 40.5 Å². The van der Waals surface area contributed by atoms with Gasteiger partial charge in [0.05, 0.1) is 31.9 Å². The van der Waals surface area contributed by atoms with Gasteiger partial charge >= 0.3 is 7.60 Å². The second-order valence-electron chi connectivity index (χ2n) is 9.37. The fourth-order valence-corrected chi connectivity index (χ4v) is 4.00. The molecular formula is C22H39N8O9P. The third-order valence-corrected chi connectivity index (χ3v) is 7.31. The number of rotatable bonds is 17. The molecule has 0 radical (unpaired) electrons. The molecule has 4 amide bonds. The van der Waals surface area contributed by atoms with Crippen LogP contribution in [0.3, 0.4) is 0 Å². The summed E-state index contributed by atoms with van der Waals surface area (Å²) in [6.45, 7) is 5.21. The maximum atomic E-state index is 13.3. The van der Waals surface area contributed by atoms with Gasteiger partial charge in [0, 0.05) is 0 Å². The number of aliphatic hydroxyl groups excluding tert-OH is 1. The molecule has 1 rings (SSSR count). The first kappa shape index (κ1) is 34.8. The Morgan fingerprint density at radius 3 is 2.20 bits per heavy atom. The molecule has 0 saturated carbocycles. The average molecular weight is 591 g/mol. The van der Waals surface area contributed by atoms with E-state index in [9.17, 15) is 38.3 Å². The normalized spacial score (nSPS) is 16.0. The lowest BCUT2D eigenvalue weighted by atomic mass is 9.95. The number of amides is 4. The molecule has 18 heteroatoms. The molecule has 0 saturated heterocycles. The van der Waals surface area contributed by atoms with Gasteiger partial charge in [0.15, 0.2) is 5.44 Å². The molecule has 0 fully saturated rings. The minimum atomic E-state index is -4.86. The lowest BCUT2D eigenvalue weighted by Crippen LogP contribution is -2.59. The predicted molar refractivity (Wildman–Crippen MR) is 141 cm³/mol. The summed E-state index contributed by atoms with van der Waals surface area (Å²) in [4.78, 5) is 81.1. The molecule has 1 aromatic rings. The van der Waals surface area contributed by atoms with E-state index >= 15 is 0 Å². The van der Waals surface area contributed by atoms with E-state index in [-0.39, 0.29) is 5.92 Å². The molecule has 17 nitrogen and oxygen atoms in total. The van der Waals surface area contributed by atoms with Gasteiger partial charge in [0.1, 0.15) is 24.4 Å². The highest BCUT2D eigenvalue weighted by Gasteiger charge is 2.34. The molecule has 1 aromatic heterocycles. The fraction of sp³-hybridized carbons (Fsp3) is 0.682. The van der Waals surface area contributed by atoms with Crippen LogP contribution in [-0.4, -0.2) is 97.1 Å². The van der Waals surface area contributed by atoms with Crippen molar-refractivity contribution in [1.29, 1.82) is 0 Å². The van der Waals surface area contributed by atoms with Crippen molar-refractivity contribution < 1.29 is 43.4 Å². The number of hydrogen-bond acceptors (Lipinski definition) is 10. The predicted octanol–water partition coefficient (Wildman–Crippen LogP) is -3.74. The minimum absolute atomic E-state index is 0.173. The number of carbonyl (C=O) groups excluding carboxylic acids is 5. The molecule has 0 aliphatic rings. The number of carbonyl (C=O) groups is 5. The number of nitrogens with zero attached hydrogens (tertiary/aromatic N) is 3. The highest BCUT2D eigenvalue weighted by Crippen LogP contribution is 2.32. The lowest BCUT2D eigenvalue weighted by molar-refractivity contribution is -0.134. The van der Waals surface area contributed by atoms with Crippen molar-refractivity contribution in [3.05, 3.63) is 6.20 Å². The van der Waals surface area contributed by atoms with Crippen LogP contribution in [0.25, 0.3) is 0 Å². The summed E-state index contributed by atoms with van der Waals surface area (Å²) >= 11 is 0. The first-order valence-electron chi connectivity index (χ1n) is 12.6. The topological polar surface area (TPSA) is 268 Å². The van der Waals surface area contributed by atoms with E-state index in [2.05, 4.69) is 31.6 Å². The van der Waals surface area contributed by atoms with Gasteiger partial charge in [-0.2, -0.15) is 0 Å². The van der Waals surface area contributed by atoms with Crippen LogP contribution in [-0.2, 0) is 35.1 Å². The van der Waals surface area contributed by atoms with E-state index in [0.717, 1.165) is 10.9 Å². The summed E-state index contributed by atoms with van der Waals surface area (Å²) in [5.41, 5.74) is 5.38.